The van der Waals surface area contributed by atoms with Gasteiger partial charge in [0, 0.05) is 20.1 Å². The van der Waals surface area contributed by atoms with E-state index in [1.807, 2.05) is 41.9 Å². The summed E-state index contributed by atoms with van der Waals surface area (Å²) in [5.74, 6) is 0.677. The van der Waals surface area contributed by atoms with Crippen LogP contribution in [0.5, 0.6) is 12.0 Å². The molecule has 0 aliphatic carbocycles. The van der Waals surface area contributed by atoms with Crippen molar-refractivity contribution in [2.75, 3.05) is 33.0 Å². The lowest BCUT2D eigenvalue weighted by Gasteiger charge is -2.23. The summed E-state index contributed by atoms with van der Waals surface area (Å²) in [5.41, 5.74) is 8.26. The zero-order chi connectivity index (χ0) is 27.3. The van der Waals surface area contributed by atoms with Gasteiger partial charge in [-0.3, -0.25) is 4.57 Å². The maximum Gasteiger partial charge on any atom is 0.409 e. The summed E-state index contributed by atoms with van der Waals surface area (Å²) in [6, 6.07) is 10.4. The highest BCUT2D eigenvalue weighted by Crippen LogP contribution is 2.26. The molecule has 1 amide bonds. The number of unbranched alkanes of at least 4 members (excludes halogenated alkanes) is 2. The number of nitrogen functional groups attached to an aromatic ring is 1. The summed E-state index contributed by atoms with van der Waals surface area (Å²) in [6.45, 7) is 6.44. The number of benzene rings is 1. The van der Waals surface area contributed by atoms with Crippen LogP contribution < -0.4 is 15.2 Å². The molecule has 10 heteroatoms. The van der Waals surface area contributed by atoms with Gasteiger partial charge in [0.25, 0.3) is 6.01 Å². The van der Waals surface area contributed by atoms with E-state index < -0.39 is 0 Å². The van der Waals surface area contributed by atoms with Gasteiger partial charge >= 0.3 is 12.1 Å². The van der Waals surface area contributed by atoms with E-state index >= 15 is 0 Å². The maximum atomic E-state index is 12.5. The number of aromatic nitrogens is 4. The number of hydrogen-bond acceptors (Lipinski definition) is 8. The lowest BCUT2D eigenvalue weighted by molar-refractivity contribution is 0.0979. The molecule has 2 aromatic heterocycles. The van der Waals surface area contributed by atoms with Crippen LogP contribution in [0, 0.1) is 5.92 Å². The minimum atomic E-state index is -0.293. The van der Waals surface area contributed by atoms with Gasteiger partial charge in [-0.1, -0.05) is 63.4 Å². The fourth-order valence-electron chi connectivity index (χ4n) is 4.44. The molecule has 1 aromatic carbocycles. The highest BCUT2D eigenvalue weighted by atomic mass is 16.6. The molecular weight excluding hydrogens is 484 g/mol. The molecule has 1 atom stereocenters. The highest BCUT2D eigenvalue weighted by Gasteiger charge is 2.19. The number of aryl methyl sites for hydroxylation is 1. The average molecular weight is 527 g/mol. The number of fused-ring (bicyclic) bond motifs is 1. The molecule has 10 nitrogen and oxygen atoms in total. The first kappa shape index (κ1) is 29.0. The SMILES string of the molecule is CCCCOc1nc(N)c2nc(OC)n(CCCCC(CCC)CN(C)C(=O)OCc3ccccc3)c2n1. The number of rotatable bonds is 16. The van der Waals surface area contributed by atoms with Gasteiger partial charge in [-0.2, -0.15) is 15.0 Å². The van der Waals surface area contributed by atoms with Crippen LogP contribution in [0.1, 0.15) is 64.4 Å². The Morgan fingerprint density at radius 1 is 1.05 bits per heavy atom. The number of carbonyl (C=O) groups is 1. The monoisotopic (exact) mass is 526 g/mol. The first-order chi connectivity index (χ1) is 18.5. The largest absolute Gasteiger partial charge is 0.468 e. The number of carbonyl (C=O) groups excluding carboxylic acids is 1. The third-order valence-electron chi connectivity index (χ3n) is 6.47. The predicted molar refractivity (Wildman–Crippen MR) is 148 cm³/mol. The molecular formula is C28H42N6O4. The van der Waals surface area contributed by atoms with Crippen molar-refractivity contribution in [1.82, 2.24) is 24.4 Å². The van der Waals surface area contributed by atoms with Gasteiger partial charge in [0.2, 0.25) is 0 Å². The van der Waals surface area contributed by atoms with Crippen molar-refractivity contribution in [3.63, 3.8) is 0 Å². The average Bonchev–Trinajstić information content (AvgIpc) is 3.28. The highest BCUT2D eigenvalue weighted by molar-refractivity contribution is 5.83. The second kappa shape index (κ2) is 15.0. The van der Waals surface area contributed by atoms with Crippen LogP contribution in [0.2, 0.25) is 0 Å². The Labute approximate surface area is 225 Å². The second-order valence-electron chi connectivity index (χ2n) is 9.59. The number of ether oxygens (including phenoxy) is 3. The van der Waals surface area contributed by atoms with Gasteiger partial charge in [-0.05, 0) is 37.2 Å². The van der Waals surface area contributed by atoms with Gasteiger partial charge in [-0.25, -0.2) is 4.79 Å². The number of imidazole rings is 1. The Hall–Kier alpha value is -3.56. The fraction of sp³-hybridized carbons (Fsp3) is 0.571. The smallest absolute Gasteiger partial charge is 0.409 e. The third kappa shape index (κ3) is 8.22. The molecule has 0 fully saturated rings. The summed E-state index contributed by atoms with van der Waals surface area (Å²) in [6.07, 6.45) is 6.65. The van der Waals surface area contributed by atoms with Crippen molar-refractivity contribution >= 4 is 23.1 Å². The molecule has 38 heavy (non-hydrogen) atoms. The second-order valence-corrected chi connectivity index (χ2v) is 9.59. The van der Waals surface area contributed by atoms with Crippen LogP contribution in [0.3, 0.4) is 0 Å². The molecule has 3 rings (SSSR count). The molecule has 2 heterocycles. The van der Waals surface area contributed by atoms with E-state index in [1.54, 1.807) is 12.0 Å². The molecule has 0 saturated carbocycles. The molecule has 0 spiro atoms. The van der Waals surface area contributed by atoms with E-state index in [4.69, 9.17) is 19.9 Å². The number of amides is 1. The van der Waals surface area contributed by atoms with Crippen molar-refractivity contribution in [1.29, 1.82) is 0 Å². The molecule has 1 unspecified atom stereocenters. The molecule has 0 bridgehead atoms. The van der Waals surface area contributed by atoms with Gasteiger partial charge in [0.15, 0.2) is 17.0 Å². The summed E-state index contributed by atoms with van der Waals surface area (Å²) in [4.78, 5) is 27.5. The zero-order valence-electron chi connectivity index (χ0n) is 23.2. The van der Waals surface area contributed by atoms with Crippen LogP contribution in [0.25, 0.3) is 11.2 Å². The summed E-state index contributed by atoms with van der Waals surface area (Å²) in [5, 5.41) is 0. The summed E-state index contributed by atoms with van der Waals surface area (Å²) >= 11 is 0. The zero-order valence-corrected chi connectivity index (χ0v) is 23.2. The van der Waals surface area contributed by atoms with Crippen LogP contribution in [-0.2, 0) is 17.9 Å². The van der Waals surface area contributed by atoms with Crippen LogP contribution in [0.4, 0.5) is 10.6 Å². The quantitative estimate of drug-likeness (QED) is 0.245. The third-order valence-corrected chi connectivity index (χ3v) is 6.47. The van der Waals surface area contributed by atoms with E-state index in [0.717, 1.165) is 50.5 Å². The van der Waals surface area contributed by atoms with E-state index in [9.17, 15) is 4.79 Å². The van der Waals surface area contributed by atoms with Gasteiger partial charge in [-0.15, -0.1) is 0 Å². The number of nitrogens with zero attached hydrogens (tertiary/aromatic N) is 5. The number of hydrogen-bond donors (Lipinski definition) is 1. The van der Waals surface area contributed by atoms with Crippen molar-refractivity contribution in [3.8, 4) is 12.0 Å². The normalized spacial score (nSPS) is 11.9. The minimum Gasteiger partial charge on any atom is -0.468 e. The minimum absolute atomic E-state index is 0.262. The van der Waals surface area contributed by atoms with Crippen molar-refractivity contribution < 1.29 is 19.0 Å². The molecule has 0 saturated heterocycles. The number of anilines is 1. The van der Waals surface area contributed by atoms with Gasteiger partial charge in [0.05, 0.1) is 13.7 Å². The van der Waals surface area contributed by atoms with E-state index in [-0.39, 0.29) is 24.5 Å². The summed E-state index contributed by atoms with van der Waals surface area (Å²) in [7, 11) is 3.40. The van der Waals surface area contributed by atoms with Crippen LogP contribution in [-0.4, -0.2) is 57.8 Å². The van der Waals surface area contributed by atoms with E-state index in [1.165, 1.54) is 0 Å². The fourth-order valence-corrected chi connectivity index (χ4v) is 4.44. The Morgan fingerprint density at radius 3 is 2.55 bits per heavy atom. The Bertz CT molecular complexity index is 1140. The Morgan fingerprint density at radius 2 is 1.84 bits per heavy atom. The Kier molecular flexibility index (Phi) is 11.4. The van der Waals surface area contributed by atoms with Gasteiger partial charge < -0.3 is 24.8 Å². The van der Waals surface area contributed by atoms with E-state index in [2.05, 4.69) is 28.8 Å². The molecule has 2 N–H and O–H groups in total. The predicted octanol–water partition coefficient (Wildman–Crippen LogP) is 5.45. The lowest BCUT2D eigenvalue weighted by Crippen LogP contribution is -2.32. The molecule has 208 valence electrons. The van der Waals surface area contributed by atoms with Crippen molar-refractivity contribution in [2.45, 2.75) is 71.9 Å². The summed E-state index contributed by atoms with van der Waals surface area (Å²) < 4.78 is 18.6. The Balaban J connectivity index is 1.55. The number of nitrogens with two attached hydrogens (primary N) is 1. The first-order valence-corrected chi connectivity index (χ1v) is 13.6. The van der Waals surface area contributed by atoms with Gasteiger partial charge in [0.1, 0.15) is 6.61 Å². The standard InChI is InChI=1S/C28H42N6O4/c1-5-7-18-37-26-31-24(29)23-25(32-26)34(27(30-23)36-4)17-12-11-14-21(13-6-2)19-33(3)28(35)38-20-22-15-9-8-10-16-22/h8-10,15-16,21H,5-7,11-14,17-20H2,1-4H3,(H2,29,31,32). The molecule has 3 aromatic rings. The van der Waals surface area contributed by atoms with E-state index in [0.29, 0.717) is 42.8 Å². The van der Waals surface area contributed by atoms with Crippen LogP contribution in [0.15, 0.2) is 30.3 Å². The topological polar surface area (TPSA) is 118 Å². The van der Waals surface area contributed by atoms with Crippen LogP contribution >= 0.6 is 0 Å². The van der Waals surface area contributed by atoms with Crippen molar-refractivity contribution in [3.05, 3.63) is 35.9 Å². The first-order valence-electron chi connectivity index (χ1n) is 13.6. The molecule has 0 radical (unpaired) electrons. The number of methoxy groups -OCH3 is 1. The maximum absolute atomic E-state index is 12.5. The lowest BCUT2D eigenvalue weighted by atomic mass is 9.96. The molecule has 0 aliphatic heterocycles. The molecule has 0 aliphatic rings. The van der Waals surface area contributed by atoms with Crippen molar-refractivity contribution in [2.24, 2.45) is 5.92 Å².